The number of halogens is 1. The van der Waals surface area contributed by atoms with Gasteiger partial charge in [0.15, 0.2) is 5.96 Å². The molecule has 1 amide bonds. The summed E-state index contributed by atoms with van der Waals surface area (Å²) in [4.78, 5) is 16.1. The Morgan fingerprint density at radius 3 is 2.48 bits per heavy atom. The molecule has 3 N–H and O–H groups in total. The summed E-state index contributed by atoms with van der Waals surface area (Å²) in [6, 6.07) is 18.6. The fourth-order valence-electron chi connectivity index (χ4n) is 3.38. The summed E-state index contributed by atoms with van der Waals surface area (Å²) < 4.78 is 0. The molecule has 1 fully saturated rings. The van der Waals surface area contributed by atoms with E-state index in [4.69, 9.17) is 0 Å². The van der Waals surface area contributed by atoms with Crippen molar-refractivity contribution < 1.29 is 4.79 Å². The van der Waals surface area contributed by atoms with Crippen molar-refractivity contribution in [2.45, 2.75) is 44.6 Å². The Hall–Kier alpha value is -2.09. The molecule has 0 atom stereocenters. The summed E-state index contributed by atoms with van der Waals surface area (Å²) in [6.07, 6.45) is 3.81. The Balaban J connectivity index is 0.00000300. The van der Waals surface area contributed by atoms with Crippen LogP contribution in [0.5, 0.6) is 0 Å². The predicted octanol–water partition coefficient (Wildman–Crippen LogP) is 4.44. The minimum atomic E-state index is 0. The first-order valence-electron chi connectivity index (χ1n) is 10.0. The van der Waals surface area contributed by atoms with Gasteiger partial charge in [-0.2, -0.15) is 0 Å². The van der Waals surface area contributed by atoms with Crippen LogP contribution in [0.25, 0.3) is 0 Å². The second-order valence-electron chi connectivity index (χ2n) is 7.42. The van der Waals surface area contributed by atoms with Crippen molar-refractivity contribution in [3.05, 3.63) is 65.7 Å². The van der Waals surface area contributed by atoms with Gasteiger partial charge in [0, 0.05) is 37.7 Å². The highest BCUT2D eigenvalue weighted by atomic mass is 127. The largest absolute Gasteiger partial charge is 0.356 e. The molecule has 0 radical (unpaired) electrons. The highest BCUT2D eigenvalue weighted by molar-refractivity contribution is 14.0. The molecule has 2 aromatic rings. The summed E-state index contributed by atoms with van der Waals surface area (Å²) in [7, 11) is 1.79. The lowest BCUT2D eigenvalue weighted by Crippen LogP contribution is -2.40. The third kappa shape index (κ3) is 6.73. The van der Waals surface area contributed by atoms with E-state index in [1.807, 2.05) is 31.2 Å². The van der Waals surface area contributed by atoms with E-state index >= 15 is 0 Å². The maximum atomic E-state index is 11.8. The molecular formula is C23H31IN4O. The molecule has 1 aliphatic rings. The minimum absolute atomic E-state index is 0. The summed E-state index contributed by atoms with van der Waals surface area (Å²) in [5.41, 5.74) is 3.57. The number of aliphatic imine (C=N–C) groups is 1. The van der Waals surface area contributed by atoms with Crippen molar-refractivity contribution in [1.29, 1.82) is 0 Å². The highest BCUT2D eigenvalue weighted by Gasteiger charge is 2.43. The van der Waals surface area contributed by atoms with Crippen LogP contribution in [0.15, 0.2) is 59.6 Å². The fraction of sp³-hybridized carbons (Fsp3) is 0.391. The lowest BCUT2D eigenvalue weighted by molar-refractivity contribution is -0.116. The monoisotopic (exact) mass is 506 g/mol. The molecule has 29 heavy (non-hydrogen) atoms. The van der Waals surface area contributed by atoms with Crippen LogP contribution < -0.4 is 16.0 Å². The van der Waals surface area contributed by atoms with E-state index < -0.39 is 0 Å². The molecule has 0 spiro atoms. The molecular weight excluding hydrogens is 475 g/mol. The first kappa shape index (κ1) is 23.2. The van der Waals surface area contributed by atoms with Gasteiger partial charge in [-0.05, 0) is 42.5 Å². The number of nitrogens with one attached hydrogen (secondary N) is 3. The van der Waals surface area contributed by atoms with Gasteiger partial charge < -0.3 is 16.0 Å². The van der Waals surface area contributed by atoms with Crippen molar-refractivity contribution >= 4 is 41.5 Å². The van der Waals surface area contributed by atoms with E-state index in [1.165, 1.54) is 18.4 Å². The number of benzene rings is 2. The molecule has 0 heterocycles. The predicted molar refractivity (Wildman–Crippen MR) is 131 cm³/mol. The zero-order valence-electron chi connectivity index (χ0n) is 17.2. The van der Waals surface area contributed by atoms with Crippen LogP contribution in [-0.2, 0) is 16.8 Å². The molecule has 0 aliphatic heterocycles. The van der Waals surface area contributed by atoms with Gasteiger partial charge in [0.2, 0.25) is 5.91 Å². The number of carbonyl (C=O) groups excluding carboxylic acids is 1. The zero-order chi connectivity index (χ0) is 19.8. The van der Waals surface area contributed by atoms with Gasteiger partial charge in [0.25, 0.3) is 0 Å². The Morgan fingerprint density at radius 1 is 1.07 bits per heavy atom. The molecule has 156 valence electrons. The van der Waals surface area contributed by atoms with Gasteiger partial charge in [-0.3, -0.25) is 9.79 Å². The Kier molecular flexibility index (Phi) is 8.95. The lowest BCUT2D eigenvalue weighted by atomic mass is 9.96. The second-order valence-corrected chi connectivity index (χ2v) is 7.42. The molecule has 1 aliphatic carbocycles. The molecule has 3 rings (SSSR count). The zero-order valence-corrected chi connectivity index (χ0v) is 19.5. The number of guanidine groups is 1. The topological polar surface area (TPSA) is 65.5 Å². The molecule has 6 heteroatoms. The van der Waals surface area contributed by atoms with Crippen LogP contribution in [0, 0.1) is 0 Å². The highest BCUT2D eigenvalue weighted by Crippen LogP contribution is 2.47. The van der Waals surface area contributed by atoms with Crippen molar-refractivity contribution in [3.63, 3.8) is 0 Å². The van der Waals surface area contributed by atoms with E-state index in [0.717, 1.165) is 30.2 Å². The average Bonchev–Trinajstić information content (AvgIpc) is 3.50. The van der Waals surface area contributed by atoms with Crippen LogP contribution in [0.3, 0.4) is 0 Å². The molecule has 0 bridgehead atoms. The standard InChI is InChI=1S/C23H30N4O.HI/c1-3-8-21(28)27-20-12-7-9-18(15-20)16-25-22(24-2)26-17-23(13-14-23)19-10-5-4-6-11-19;/h4-7,9-12,15H,3,8,13-14,16-17H2,1-2H3,(H,27,28)(H2,24,25,26);1H. The van der Waals surface area contributed by atoms with E-state index in [0.29, 0.717) is 13.0 Å². The van der Waals surface area contributed by atoms with E-state index in [1.54, 1.807) is 7.05 Å². The fourth-order valence-corrected chi connectivity index (χ4v) is 3.38. The number of nitrogens with zero attached hydrogens (tertiary/aromatic N) is 1. The van der Waals surface area contributed by atoms with Crippen LogP contribution >= 0.6 is 24.0 Å². The van der Waals surface area contributed by atoms with Crippen LogP contribution in [0.1, 0.15) is 43.7 Å². The van der Waals surface area contributed by atoms with Crippen LogP contribution in [0.4, 0.5) is 5.69 Å². The van der Waals surface area contributed by atoms with Crippen LogP contribution in [-0.4, -0.2) is 25.5 Å². The second kappa shape index (κ2) is 11.2. The van der Waals surface area contributed by atoms with Gasteiger partial charge in [0.05, 0.1) is 0 Å². The molecule has 0 aromatic heterocycles. The quantitative estimate of drug-likeness (QED) is 0.282. The van der Waals surface area contributed by atoms with Gasteiger partial charge >= 0.3 is 0 Å². The average molecular weight is 506 g/mol. The number of anilines is 1. The number of hydrogen-bond acceptors (Lipinski definition) is 2. The van der Waals surface area contributed by atoms with Gasteiger partial charge in [-0.15, -0.1) is 24.0 Å². The first-order chi connectivity index (χ1) is 13.6. The Labute approximate surface area is 190 Å². The normalized spacial score (nSPS) is 14.5. The molecule has 0 saturated heterocycles. The molecule has 5 nitrogen and oxygen atoms in total. The van der Waals surface area contributed by atoms with E-state index in [2.05, 4.69) is 51.3 Å². The number of carbonyl (C=O) groups is 1. The van der Waals surface area contributed by atoms with Gasteiger partial charge in [-0.1, -0.05) is 49.4 Å². The van der Waals surface area contributed by atoms with Crippen molar-refractivity contribution in [1.82, 2.24) is 10.6 Å². The SMILES string of the molecule is CCCC(=O)Nc1cccc(CNC(=NC)NCC2(c3ccccc3)CC2)c1.I. The van der Waals surface area contributed by atoms with Crippen molar-refractivity contribution in [3.8, 4) is 0 Å². The summed E-state index contributed by atoms with van der Waals surface area (Å²) in [6.45, 7) is 3.53. The summed E-state index contributed by atoms with van der Waals surface area (Å²) >= 11 is 0. The van der Waals surface area contributed by atoms with Gasteiger partial charge in [0.1, 0.15) is 0 Å². The first-order valence-corrected chi connectivity index (χ1v) is 10.0. The van der Waals surface area contributed by atoms with Crippen LogP contribution in [0.2, 0.25) is 0 Å². The molecule has 1 saturated carbocycles. The summed E-state index contributed by atoms with van der Waals surface area (Å²) in [5.74, 6) is 0.850. The third-order valence-corrected chi connectivity index (χ3v) is 5.21. The maximum Gasteiger partial charge on any atom is 0.224 e. The van der Waals surface area contributed by atoms with Crippen molar-refractivity contribution in [2.75, 3.05) is 18.9 Å². The third-order valence-electron chi connectivity index (χ3n) is 5.21. The molecule has 2 aromatic carbocycles. The maximum absolute atomic E-state index is 11.8. The van der Waals surface area contributed by atoms with E-state index in [-0.39, 0.29) is 35.3 Å². The Morgan fingerprint density at radius 2 is 1.83 bits per heavy atom. The smallest absolute Gasteiger partial charge is 0.224 e. The number of amides is 1. The van der Waals surface area contributed by atoms with Crippen molar-refractivity contribution in [2.24, 2.45) is 4.99 Å². The number of hydrogen-bond donors (Lipinski definition) is 3. The van der Waals surface area contributed by atoms with Gasteiger partial charge in [-0.25, -0.2) is 0 Å². The number of rotatable bonds is 8. The lowest BCUT2D eigenvalue weighted by Gasteiger charge is -2.19. The minimum Gasteiger partial charge on any atom is -0.356 e. The molecule has 0 unspecified atom stereocenters. The summed E-state index contributed by atoms with van der Waals surface area (Å²) in [5, 5.41) is 9.79. The van der Waals surface area contributed by atoms with E-state index in [9.17, 15) is 4.79 Å². The Bertz CT molecular complexity index is 819.